The van der Waals surface area contributed by atoms with Gasteiger partial charge in [-0.05, 0) is 37.0 Å². The number of carboxylic acids is 1. The fraction of sp³-hybridized carbons (Fsp3) is 0.500. The second-order valence-electron chi connectivity index (χ2n) is 6.31. The molecule has 0 radical (unpaired) electrons. The lowest BCUT2D eigenvalue weighted by Gasteiger charge is -2.28. The number of carboxylic acid groups (broad SMARTS) is 1. The summed E-state index contributed by atoms with van der Waals surface area (Å²) in [5.74, 6) is -1.22. The van der Waals surface area contributed by atoms with Gasteiger partial charge in [-0.3, -0.25) is 14.4 Å². The molecule has 1 aromatic carbocycles. The van der Waals surface area contributed by atoms with Crippen LogP contribution in [0.4, 0.5) is 0 Å². The number of likely N-dealkylation sites (tertiary alicyclic amines) is 1. The van der Waals surface area contributed by atoms with Crippen LogP contribution >= 0.6 is 11.6 Å². The van der Waals surface area contributed by atoms with Gasteiger partial charge in [-0.25, -0.2) is 0 Å². The Kier molecular flexibility index (Phi) is 6.82. The highest BCUT2D eigenvalue weighted by Gasteiger charge is 2.27. The van der Waals surface area contributed by atoms with Gasteiger partial charge < -0.3 is 14.9 Å². The highest BCUT2D eigenvalue weighted by atomic mass is 35.5. The first-order chi connectivity index (χ1) is 11.9. The van der Waals surface area contributed by atoms with Crippen LogP contribution in [0.15, 0.2) is 24.3 Å². The molecule has 2 rings (SSSR count). The van der Waals surface area contributed by atoms with Crippen molar-refractivity contribution in [1.82, 2.24) is 9.80 Å². The van der Waals surface area contributed by atoms with Crippen LogP contribution in [-0.2, 0) is 20.8 Å². The van der Waals surface area contributed by atoms with Gasteiger partial charge in [-0.2, -0.15) is 0 Å². The molecule has 6 nitrogen and oxygen atoms in total. The average molecular weight is 367 g/mol. The number of amides is 2. The Balaban J connectivity index is 1.95. The zero-order chi connectivity index (χ0) is 18.4. The molecule has 1 fully saturated rings. The maximum atomic E-state index is 12.5. The van der Waals surface area contributed by atoms with Crippen LogP contribution in [0.25, 0.3) is 0 Å². The lowest BCUT2D eigenvalue weighted by atomic mass is 10.1. The van der Waals surface area contributed by atoms with Crippen LogP contribution in [0.3, 0.4) is 0 Å². The molecule has 1 aromatic rings. The number of halogens is 1. The Bertz CT molecular complexity index is 632. The molecule has 136 valence electrons. The molecule has 0 bridgehead atoms. The van der Waals surface area contributed by atoms with Gasteiger partial charge in [0.15, 0.2) is 0 Å². The fourth-order valence-electron chi connectivity index (χ4n) is 3.17. The molecule has 2 amide bonds. The molecule has 0 aliphatic carbocycles. The van der Waals surface area contributed by atoms with Crippen molar-refractivity contribution in [3.8, 4) is 0 Å². The smallest absolute Gasteiger partial charge is 0.323 e. The first-order valence-electron chi connectivity index (χ1n) is 8.38. The lowest BCUT2D eigenvalue weighted by molar-refractivity contribution is -0.145. The van der Waals surface area contributed by atoms with Gasteiger partial charge in [0.1, 0.15) is 6.54 Å². The molecule has 7 heteroatoms. The number of carbonyl (C=O) groups is 3. The SMILES string of the molecule is CC(=O)N(CC(=O)O)C1CCCN(C(=O)Cc2ccc(Cl)cc2)CC1. The molecule has 1 atom stereocenters. The summed E-state index contributed by atoms with van der Waals surface area (Å²) < 4.78 is 0. The van der Waals surface area contributed by atoms with E-state index in [9.17, 15) is 14.4 Å². The molecule has 1 saturated heterocycles. The monoisotopic (exact) mass is 366 g/mol. The molecule has 0 aromatic heterocycles. The minimum atomic E-state index is -1.02. The number of aliphatic carboxylic acids is 1. The van der Waals surface area contributed by atoms with E-state index in [1.54, 1.807) is 17.0 Å². The Hall–Kier alpha value is -2.08. The van der Waals surface area contributed by atoms with Crippen LogP contribution in [0.2, 0.25) is 5.02 Å². The van der Waals surface area contributed by atoms with Gasteiger partial charge in [0.05, 0.1) is 6.42 Å². The average Bonchev–Trinajstić information content (AvgIpc) is 2.80. The number of benzene rings is 1. The van der Waals surface area contributed by atoms with Gasteiger partial charge in [0, 0.05) is 31.1 Å². The Labute approximate surface area is 152 Å². The zero-order valence-electron chi connectivity index (χ0n) is 14.3. The van der Waals surface area contributed by atoms with Crippen molar-refractivity contribution >= 4 is 29.4 Å². The summed E-state index contributed by atoms with van der Waals surface area (Å²) in [7, 11) is 0. The molecular formula is C18H23ClN2O4. The van der Waals surface area contributed by atoms with Crippen molar-refractivity contribution in [3.05, 3.63) is 34.9 Å². The summed E-state index contributed by atoms with van der Waals surface area (Å²) >= 11 is 5.86. The van der Waals surface area contributed by atoms with Gasteiger partial charge in [0.2, 0.25) is 11.8 Å². The van der Waals surface area contributed by atoms with E-state index < -0.39 is 5.97 Å². The zero-order valence-corrected chi connectivity index (χ0v) is 15.0. The van der Waals surface area contributed by atoms with Crippen molar-refractivity contribution in [2.24, 2.45) is 0 Å². The van der Waals surface area contributed by atoms with Crippen LogP contribution in [0, 0.1) is 0 Å². The van der Waals surface area contributed by atoms with E-state index >= 15 is 0 Å². The highest BCUT2D eigenvalue weighted by molar-refractivity contribution is 6.30. The first-order valence-corrected chi connectivity index (χ1v) is 8.76. The molecule has 25 heavy (non-hydrogen) atoms. The normalized spacial score (nSPS) is 17.7. The molecule has 0 saturated carbocycles. The summed E-state index contributed by atoms with van der Waals surface area (Å²) in [6, 6.07) is 7.07. The van der Waals surface area contributed by atoms with Gasteiger partial charge in [0.25, 0.3) is 0 Å². The summed E-state index contributed by atoms with van der Waals surface area (Å²) in [6.45, 7) is 2.25. The summed E-state index contributed by atoms with van der Waals surface area (Å²) in [5, 5.41) is 9.63. The second-order valence-corrected chi connectivity index (χ2v) is 6.75. The van der Waals surface area contributed by atoms with E-state index in [4.69, 9.17) is 16.7 Å². The quantitative estimate of drug-likeness (QED) is 0.866. The van der Waals surface area contributed by atoms with E-state index in [2.05, 4.69) is 0 Å². The van der Waals surface area contributed by atoms with E-state index in [0.717, 1.165) is 12.0 Å². The van der Waals surface area contributed by atoms with Gasteiger partial charge >= 0.3 is 5.97 Å². The van der Waals surface area contributed by atoms with Gasteiger partial charge in [-0.1, -0.05) is 23.7 Å². The molecule has 1 N–H and O–H groups in total. The first kappa shape index (κ1) is 19.2. The number of rotatable bonds is 5. The molecule has 1 heterocycles. The summed E-state index contributed by atoms with van der Waals surface area (Å²) in [4.78, 5) is 38.4. The summed E-state index contributed by atoms with van der Waals surface area (Å²) in [6.07, 6.45) is 2.37. The molecule has 0 spiro atoms. The predicted molar refractivity (Wildman–Crippen MR) is 94.4 cm³/mol. The standard InChI is InChI=1S/C18H23ClN2O4/c1-13(22)21(12-18(24)25)16-3-2-9-20(10-8-16)17(23)11-14-4-6-15(19)7-5-14/h4-7,16H,2-3,8-12H2,1H3,(H,24,25). The van der Waals surface area contributed by atoms with Crippen molar-refractivity contribution in [2.45, 2.75) is 38.6 Å². The molecule has 1 unspecified atom stereocenters. The molecule has 1 aliphatic rings. The van der Waals surface area contributed by atoms with Crippen LogP contribution in [0.1, 0.15) is 31.7 Å². The predicted octanol–water partition coefficient (Wildman–Crippen LogP) is 2.20. The number of nitrogens with zero attached hydrogens (tertiary/aromatic N) is 2. The Morgan fingerprint density at radius 2 is 1.88 bits per heavy atom. The third-order valence-electron chi connectivity index (χ3n) is 4.47. The molecular weight excluding hydrogens is 344 g/mol. The van der Waals surface area contributed by atoms with Crippen LogP contribution in [-0.4, -0.2) is 58.4 Å². The summed E-state index contributed by atoms with van der Waals surface area (Å²) in [5.41, 5.74) is 0.909. The van der Waals surface area contributed by atoms with Crippen molar-refractivity contribution in [3.63, 3.8) is 0 Å². The van der Waals surface area contributed by atoms with E-state index in [-0.39, 0.29) is 24.4 Å². The Morgan fingerprint density at radius 1 is 1.20 bits per heavy atom. The number of hydrogen-bond acceptors (Lipinski definition) is 3. The number of hydrogen-bond donors (Lipinski definition) is 1. The molecule has 1 aliphatic heterocycles. The fourth-order valence-corrected chi connectivity index (χ4v) is 3.30. The van der Waals surface area contributed by atoms with Crippen LogP contribution in [0.5, 0.6) is 0 Å². The third-order valence-corrected chi connectivity index (χ3v) is 4.72. The third kappa shape index (κ3) is 5.74. The van der Waals surface area contributed by atoms with Crippen molar-refractivity contribution in [2.75, 3.05) is 19.6 Å². The maximum Gasteiger partial charge on any atom is 0.323 e. The Morgan fingerprint density at radius 3 is 2.48 bits per heavy atom. The minimum Gasteiger partial charge on any atom is -0.480 e. The van der Waals surface area contributed by atoms with Crippen molar-refractivity contribution in [1.29, 1.82) is 0 Å². The van der Waals surface area contributed by atoms with Gasteiger partial charge in [-0.15, -0.1) is 0 Å². The van der Waals surface area contributed by atoms with E-state index in [1.165, 1.54) is 11.8 Å². The lowest BCUT2D eigenvalue weighted by Crippen LogP contribution is -2.43. The number of carbonyl (C=O) groups excluding carboxylic acids is 2. The van der Waals surface area contributed by atoms with Crippen molar-refractivity contribution < 1.29 is 19.5 Å². The van der Waals surface area contributed by atoms with E-state index in [1.807, 2.05) is 12.1 Å². The highest BCUT2D eigenvalue weighted by Crippen LogP contribution is 2.18. The topological polar surface area (TPSA) is 77.9 Å². The minimum absolute atomic E-state index is 0.0376. The second kappa shape index (κ2) is 8.85. The largest absolute Gasteiger partial charge is 0.480 e. The van der Waals surface area contributed by atoms with Crippen LogP contribution < -0.4 is 0 Å². The maximum absolute atomic E-state index is 12.5. The van der Waals surface area contributed by atoms with E-state index in [0.29, 0.717) is 37.4 Å².